The topological polar surface area (TPSA) is 73.0 Å². The van der Waals surface area contributed by atoms with Crippen molar-refractivity contribution in [3.63, 3.8) is 0 Å². The van der Waals surface area contributed by atoms with Crippen LogP contribution >= 0.6 is 11.6 Å². The number of nitrogens with one attached hydrogen (secondary N) is 1. The van der Waals surface area contributed by atoms with Crippen molar-refractivity contribution in [3.8, 4) is 11.4 Å². The van der Waals surface area contributed by atoms with E-state index in [0.29, 0.717) is 34.7 Å². The van der Waals surface area contributed by atoms with Gasteiger partial charge in [-0.25, -0.2) is 0 Å². The first-order chi connectivity index (χ1) is 13.2. The minimum absolute atomic E-state index is 0.231. The number of rotatable bonds is 5. The predicted octanol–water partition coefficient (Wildman–Crippen LogP) is 4.49. The third-order valence-corrected chi connectivity index (χ3v) is 4.22. The molecule has 6 nitrogen and oxygen atoms in total. The van der Waals surface area contributed by atoms with E-state index in [1.807, 2.05) is 30.3 Å². The average molecular weight is 379 g/mol. The Morgan fingerprint density at radius 1 is 1.04 bits per heavy atom. The van der Waals surface area contributed by atoms with Gasteiger partial charge >= 0.3 is 0 Å². The van der Waals surface area contributed by atoms with E-state index in [4.69, 9.17) is 16.1 Å². The molecular formula is C20H15ClN4O2. The van der Waals surface area contributed by atoms with Crippen LogP contribution in [0.1, 0.15) is 16.4 Å². The lowest BCUT2D eigenvalue weighted by atomic mass is 10.2. The molecule has 1 N–H and O–H groups in total. The zero-order valence-corrected chi connectivity index (χ0v) is 14.9. The summed E-state index contributed by atoms with van der Waals surface area (Å²) in [5.74, 6) is 0.709. The van der Waals surface area contributed by atoms with Crippen LogP contribution in [0.15, 0.2) is 77.4 Å². The number of halogens is 1. The van der Waals surface area contributed by atoms with Crippen molar-refractivity contribution in [3.05, 3.63) is 89.5 Å². The summed E-state index contributed by atoms with van der Waals surface area (Å²) in [4.78, 5) is 17.0. The van der Waals surface area contributed by atoms with Crippen LogP contribution < -0.4 is 5.32 Å². The third kappa shape index (κ3) is 3.91. The fourth-order valence-electron chi connectivity index (χ4n) is 2.66. The van der Waals surface area contributed by atoms with Crippen LogP contribution in [-0.2, 0) is 6.54 Å². The Balaban J connectivity index is 1.50. The van der Waals surface area contributed by atoms with Crippen LogP contribution in [0.3, 0.4) is 0 Å². The van der Waals surface area contributed by atoms with Crippen molar-refractivity contribution in [1.29, 1.82) is 0 Å². The molecule has 4 rings (SSSR count). The summed E-state index contributed by atoms with van der Waals surface area (Å²) >= 11 is 5.87. The monoisotopic (exact) mass is 378 g/mol. The lowest BCUT2D eigenvalue weighted by molar-refractivity contribution is 0.101. The second kappa shape index (κ2) is 7.47. The number of hydrogen-bond donors (Lipinski definition) is 1. The summed E-state index contributed by atoms with van der Waals surface area (Å²) in [7, 11) is 0. The minimum atomic E-state index is -0.231. The summed E-state index contributed by atoms with van der Waals surface area (Å²) < 4.78 is 7.09. The fraction of sp³-hybridized carbons (Fsp3) is 0.0500. The highest BCUT2D eigenvalue weighted by molar-refractivity contribution is 6.30. The molecule has 0 saturated heterocycles. The number of anilines is 1. The van der Waals surface area contributed by atoms with Gasteiger partial charge in [-0.3, -0.25) is 4.79 Å². The van der Waals surface area contributed by atoms with E-state index >= 15 is 0 Å². The molecule has 134 valence electrons. The molecule has 0 aliphatic carbocycles. The van der Waals surface area contributed by atoms with Crippen LogP contribution in [0.4, 0.5) is 5.69 Å². The Bertz CT molecular complexity index is 1060. The molecule has 0 spiro atoms. The van der Waals surface area contributed by atoms with Gasteiger partial charge in [-0.1, -0.05) is 47.1 Å². The Morgan fingerprint density at radius 2 is 1.81 bits per heavy atom. The summed E-state index contributed by atoms with van der Waals surface area (Å²) in [5, 5.41) is 7.46. The van der Waals surface area contributed by atoms with Gasteiger partial charge in [0.1, 0.15) is 12.2 Å². The molecule has 2 aromatic carbocycles. The molecule has 0 aliphatic rings. The van der Waals surface area contributed by atoms with Gasteiger partial charge in [-0.2, -0.15) is 4.98 Å². The number of aromatic nitrogens is 3. The zero-order chi connectivity index (χ0) is 18.6. The summed E-state index contributed by atoms with van der Waals surface area (Å²) in [5.41, 5.74) is 2.03. The van der Waals surface area contributed by atoms with E-state index in [9.17, 15) is 4.79 Å². The first-order valence-corrected chi connectivity index (χ1v) is 8.67. The van der Waals surface area contributed by atoms with E-state index < -0.39 is 0 Å². The molecular weight excluding hydrogens is 364 g/mol. The van der Waals surface area contributed by atoms with Crippen molar-refractivity contribution >= 4 is 23.2 Å². The van der Waals surface area contributed by atoms with E-state index in [1.54, 1.807) is 47.2 Å². The highest BCUT2D eigenvalue weighted by atomic mass is 35.5. The molecule has 7 heteroatoms. The summed E-state index contributed by atoms with van der Waals surface area (Å²) in [6.45, 7) is 0.302. The van der Waals surface area contributed by atoms with Crippen molar-refractivity contribution < 1.29 is 9.32 Å². The summed E-state index contributed by atoms with van der Waals surface area (Å²) in [6, 6.07) is 20.0. The Morgan fingerprint density at radius 3 is 2.59 bits per heavy atom. The number of benzene rings is 2. The molecule has 0 atom stereocenters. The first kappa shape index (κ1) is 17.1. The smallest absolute Gasteiger partial charge is 0.272 e. The van der Waals surface area contributed by atoms with Crippen molar-refractivity contribution in [2.24, 2.45) is 0 Å². The van der Waals surface area contributed by atoms with Gasteiger partial charge in [0.25, 0.3) is 5.91 Å². The largest absolute Gasteiger partial charge is 0.337 e. The number of amides is 1. The van der Waals surface area contributed by atoms with Crippen LogP contribution in [0, 0.1) is 0 Å². The maximum atomic E-state index is 12.6. The predicted molar refractivity (Wildman–Crippen MR) is 103 cm³/mol. The number of carbonyl (C=O) groups is 1. The van der Waals surface area contributed by atoms with E-state index in [0.717, 1.165) is 5.56 Å². The fourth-order valence-corrected chi connectivity index (χ4v) is 2.78. The molecule has 0 radical (unpaired) electrons. The molecule has 0 unspecified atom stereocenters. The lowest BCUT2D eigenvalue weighted by Gasteiger charge is -2.08. The van der Waals surface area contributed by atoms with Crippen LogP contribution in [-0.4, -0.2) is 20.6 Å². The zero-order valence-electron chi connectivity index (χ0n) is 14.2. The number of hydrogen-bond acceptors (Lipinski definition) is 4. The molecule has 1 amide bonds. The number of nitrogens with zero attached hydrogens (tertiary/aromatic N) is 3. The maximum Gasteiger partial charge on any atom is 0.272 e. The van der Waals surface area contributed by atoms with Gasteiger partial charge in [0, 0.05) is 22.5 Å². The molecule has 4 aromatic rings. The third-order valence-electron chi connectivity index (χ3n) is 3.97. The molecule has 2 aromatic heterocycles. The Labute approximate surface area is 160 Å². The molecule has 0 saturated carbocycles. The average Bonchev–Trinajstić information content (AvgIpc) is 3.34. The standard InChI is InChI=1S/C20H15ClN4O2/c21-15-8-10-16(11-9-15)22-20(26)17-7-4-12-25(17)13-18-23-19(24-27-18)14-5-2-1-3-6-14/h1-12H,13H2,(H,22,26). The van der Waals surface area contributed by atoms with Gasteiger partial charge in [-0.15, -0.1) is 0 Å². The second-order valence-electron chi connectivity index (χ2n) is 5.86. The quantitative estimate of drug-likeness (QED) is 0.555. The highest BCUT2D eigenvalue weighted by Gasteiger charge is 2.14. The first-order valence-electron chi connectivity index (χ1n) is 8.29. The van der Waals surface area contributed by atoms with Gasteiger partial charge < -0.3 is 14.4 Å². The summed E-state index contributed by atoms with van der Waals surface area (Å²) in [6.07, 6.45) is 1.79. The Kier molecular flexibility index (Phi) is 4.72. The van der Waals surface area contributed by atoms with Crippen molar-refractivity contribution in [1.82, 2.24) is 14.7 Å². The van der Waals surface area contributed by atoms with Gasteiger partial charge in [0.05, 0.1) is 0 Å². The maximum absolute atomic E-state index is 12.6. The highest BCUT2D eigenvalue weighted by Crippen LogP contribution is 2.17. The van der Waals surface area contributed by atoms with Crippen LogP contribution in [0.25, 0.3) is 11.4 Å². The molecule has 27 heavy (non-hydrogen) atoms. The van der Waals surface area contributed by atoms with Gasteiger partial charge in [0.15, 0.2) is 0 Å². The van der Waals surface area contributed by atoms with Gasteiger partial charge in [0.2, 0.25) is 11.7 Å². The van der Waals surface area contributed by atoms with E-state index in [2.05, 4.69) is 15.5 Å². The number of carbonyl (C=O) groups excluding carboxylic acids is 1. The van der Waals surface area contributed by atoms with Gasteiger partial charge in [-0.05, 0) is 36.4 Å². The lowest BCUT2D eigenvalue weighted by Crippen LogP contribution is -2.17. The Hall–Kier alpha value is -3.38. The second-order valence-corrected chi connectivity index (χ2v) is 6.30. The normalized spacial score (nSPS) is 10.7. The SMILES string of the molecule is O=C(Nc1ccc(Cl)cc1)c1cccn1Cc1nc(-c2ccccc2)no1. The minimum Gasteiger partial charge on any atom is -0.337 e. The molecule has 2 heterocycles. The molecule has 0 fully saturated rings. The molecule has 0 aliphatic heterocycles. The van der Waals surface area contributed by atoms with Crippen LogP contribution in [0.5, 0.6) is 0 Å². The van der Waals surface area contributed by atoms with E-state index in [1.165, 1.54) is 0 Å². The van der Waals surface area contributed by atoms with Crippen LogP contribution in [0.2, 0.25) is 5.02 Å². The molecule has 0 bridgehead atoms. The van der Waals surface area contributed by atoms with E-state index in [-0.39, 0.29) is 5.91 Å². The van der Waals surface area contributed by atoms with Crippen molar-refractivity contribution in [2.45, 2.75) is 6.54 Å². The van der Waals surface area contributed by atoms with Crippen molar-refractivity contribution in [2.75, 3.05) is 5.32 Å².